The van der Waals surface area contributed by atoms with Gasteiger partial charge in [-0.2, -0.15) is 0 Å². The molecule has 6 nitrogen and oxygen atoms in total. The van der Waals surface area contributed by atoms with Gasteiger partial charge in [0.2, 0.25) is 0 Å². The number of aromatic nitrogens is 1. The van der Waals surface area contributed by atoms with Crippen LogP contribution in [0.25, 0.3) is 0 Å². The molecule has 0 aliphatic heterocycles. The summed E-state index contributed by atoms with van der Waals surface area (Å²) >= 11 is 0. The van der Waals surface area contributed by atoms with Crippen LogP contribution in [0.4, 0.5) is 0 Å². The molecule has 0 bridgehead atoms. The third-order valence-corrected chi connectivity index (χ3v) is 3.46. The first-order valence-electron chi connectivity index (χ1n) is 7.72. The number of carbonyl (C=O) groups is 2. The number of benzene rings is 1. The highest BCUT2D eigenvalue weighted by Crippen LogP contribution is 2.09. The van der Waals surface area contributed by atoms with Crippen LogP contribution in [0.1, 0.15) is 16.8 Å². The molecule has 2 amide bonds. The van der Waals surface area contributed by atoms with Crippen LogP contribution in [0.5, 0.6) is 0 Å². The Kier molecular flexibility index (Phi) is 6.91. The van der Waals surface area contributed by atoms with Gasteiger partial charge >= 0.3 is 11.8 Å². The number of hydrogen-bond donors (Lipinski definition) is 2. The van der Waals surface area contributed by atoms with Gasteiger partial charge in [0.25, 0.3) is 0 Å². The second kappa shape index (κ2) is 9.42. The molecule has 6 heteroatoms. The van der Waals surface area contributed by atoms with E-state index in [-0.39, 0.29) is 6.54 Å². The minimum Gasteiger partial charge on any atom is -0.380 e. The lowest BCUT2D eigenvalue weighted by molar-refractivity contribution is -0.139. The summed E-state index contributed by atoms with van der Waals surface area (Å²) in [6.07, 6.45) is 2.28. The van der Waals surface area contributed by atoms with Gasteiger partial charge in [-0.3, -0.25) is 14.6 Å². The van der Waals surface area contributed by atoms with Gasteiger partial charge in [-0.05, 0) is 23.3 Å². The predicted octanol–water partition coefficient (Wildman–Crippen LogP) is 1.20. The van der Waals surface area contributed by atoms with Crippen LogP contribution in [0, 0.1) is 0 Å². The topological polar surface area (TPSA) is 80.3 Å². The summed E-state index contributed by atoms with van der Waals surface area (Å²) in [7, 11) is 1.62. The first kappa shape index (κ1) is 17.6. The van der Waals surface area contributed by atoms with Crippen molar-refractivity contribution in [3.63, 3.8) is 0 Å². The molecule has 0 spiro atoms. The standard InChI is InChI=1S/C18H21N3O3/c1-24-13-15-7-3-2-6-14(15)12-21-18(23)17(22)20-11-9-16-8-4-5-10-19-16/h2-8,10H,9,11-13H2,1H3,(H,20,22)(H,21,23). The molecular weight excluding hydrogens is 306 g/mol. The zero-order valence-electron chi connectivity index (χ0n) is 13.6. The predicted molar refractivity (Wildman–Crippen MR) is 90.0 cm³/mol. The van der Waals surface area contributed by atoms with Crippen LogP contribution in [-0.2, 0) is 33.9 Å². The Morgan fingerprint density at radius 1 is 1.00 bits per heavy atom. The maximum atomic E-state index is 11.9. The van der Waals surface area contributed by atoms with E-state index in [1.807, 2.05) is 42.5 Å². The van der Waals surface area contributed by atoms with Gasteiger partial charge in [0.15, 0.2) is 0 Å². The highest BCUT2D eigenvalue weighted by atomic mass is 16.5. The highest BCUT2D eigenvalue weighted by molar-refractivity contribution is 6.35. The smallest absolute Gasteiger partial charge is 0.309 e. The van der Waals surface area contributed by atoms with Gasteiger partial charge in [0, 0.05) is 38.5 Å². The average Bonchev–Trinajstić information content (AvgIpc) is 2.62. The summed E-state index contributed by atoms with van der Waals surface area (Å²) in [6.45, 7) is 1.11. The lowest BCUT2D eigenvalue weighted by Gasteiger charge is -2.10. The zero-order chi connectivity index (χ0) is 17.2. The number of methoxy groups -OCH3 is 1. The monoisotopic (exact) mass is 327 g/mol. The van der Waals surface area contributed by atoms with Crippen molar-refractivity contribution in [1.82, 2.24) is 15.6 Å². The molecule has 24 heavy (non-hydrogen) atoms. The third-order valence-electron chi connectivity index (χ3n) is 3.46. The molecule has 0 aliphatic carbocycles. The second-order valence-electron chi connectivity index (χ2n) is 5.21. The van der Waals surface area contributed by atoms with Gasteiger partial charge in [0.1, 0.15) is 0 Å². The summed E-state index contributed by atoms with van der Waals surface area (Å²) in [5.41, 5.74) is 2.77. The summed E-state index contributed by atoms with van der Waals surface area (Å²) < 4.78 is 5.12. The van der Waals surface area contributed by atoms with Crippen molar-refractivity contribution in [1.29, 1.82) is 0 Å². The molecule has 0 unspecified atom stereocenters. The molecule has 2 aromatic rings. The van der Waals surface area contributed by atoms with Crippen LogP contribution in [-0.4, -0.2) is 30.5 Å². The number of ether oxygens (including phenoxy) is 1. The Labute approximate surface area is 141 Å². The number of nitrogens with one attached hydrogen (secondary N) is 2. The van der Waals surface area contributed by atoms with Crippen molar-refractivity contribution in [3.8, 4) is 0 Å². The molecule has 1 aromatic carbocycles. The average molecular weight is 327 g/mol. The quantitative estimate of drug-likeness (QED) is 0.749. The molecule has 0 atom stereocenters. The van der Waals surface area contributed by atoms with Crippen molar-refractivity contribution in [3.05, 3.63) is 65.5 Å². The molecule has 126 valence electrons. The molecule has 0 saturated heterocycles. The van der Waals surface area contributed by atoms with E-state index in [0.717, 1.165) is 16.8 Å². The largest absolute Gasteiger partial charge is 0.380 e. The van der Waals surface area contributed by atoms with Gasteiger partial charge in [-0.25, -0.2) is 0 Å². The SMILES string of the molecule is COCc1ccccc1CNC(=O)C(=O)NCCc1ccccn1. The fraction of sp³-hybridized carbons (Fsp3) is 0.278. The first-order chi connectivity index (χ1) is 11.7. The van der Waals surface area contributed by atoms with Crippen LogP contribution in [0.2, 0.25) is 0 Å². The van der Waals surface area contributed by atoms with E-state index in [1.54, 1.807) is 13.3 Å². The van der Waals surface area contributed by atoms with Crippen LogP contribution >= 0.6 is 0 Å². The van der Waals surface area contributed by atoms with Crippen molar-refractivity contribution in [2.45, 2.75) is 19.6 Å². The number of carbonyl (C=O) groups excluding carboxylic acids is 2. The molecular formula is C18H21N3O3. The number of hydrogen-bond acceptors (Lipinski definition) is 4. The minimum atomic E-state index is -0.650. The zero-order valence-corrected chi connectivity index (χ0v) is 13.6. The van der Waals surface area contributed by atoms with Gasteiger partial charge < -0.3 is 15.4 Å². The fourth-order valence-electron chi connectivity index (χ4n) is 2.21. The third kappa shape index (κ3) is 5.48. The number of amides is 2. The molecule has 0 radical (unpaired) electrons. The molecule has 0 aliphatic rings. The van der Waals surface area contributed by atoms with E-state index >= 15 is 0 Å². The molecule has 2 rings (SSSR count). The molecule has 0 saturated carbocycles. The molecule has 0 fully saturated rings. The lowest BCUT2D eigenvalue weighted by atomic mass is 10.1. The summed E-state index contributed by atoms with van der Waals surface area (Å²) in [5, 5.41) is 5.22. The molecule has 1 heterocycles. The Bertz CT molecular complexity index is 674. The Balaban J connectivity index is 1.77. The molecule has 2 N–H and O–H groups in total. The highest BCUT2D eigenvalue weighted by Gasteiger charge is 2.13. The van der Waals surface area contributed by atoms with Crippen molar-refractivity contribution < 1.29 is 14.3 Å². The fourth-order valence-corrected chi connectivity index (χ4v) is 2.21. The summed E-state index contributed by atoms with van der Waals surface area (Å²) in [5.74, 6) is -1.29. The maximum absolute atomic E-state index is 11.9. The first-order valence-corrected chi connectivity index (χ1v) is 7.72. The number of rotatable bonds is 7. The van der Waals surface area contributed by atoms with E-state index in [1.165, 1.54) is 0 Å². The Hall–Kier alpha value is -2.73. The van der Waals surface area contributed by atoms with Gasteiger partial charge in [-0.15, -0.1) is 0 Å². The second-order valence-corrected chi connectivity index (χ2v) is 5.21. The Morgan fingerprint density at radius 2 is 1.71 bits per heavy atom. The van der Waals surface area contributed by atoms with E-state index in [9.17, 15) is 9.59 Å². The van der Waals surface area contributed by atoms with Crippen molar-refractivity contribution in [2.24, 2.45) is 0 Å². The van der Waals surface area contributed by atoms with E-state index in [0.29, 0.717) is 19.6 Å². The normalized spacial score (nSPS) is 10.2. The summed E-state index contributed by atoms with van der Waals surface area (Å²) in [4.78, 5) is 27.8. The van der Waals surface area contributed by atoms with Crippen molar-refractivity contribution in [2.75, 3.05) is 13.7 Å². The number of pyridine rings is 1. The van der Waals surface area contributed by atoms with Crippen molar-refractivity contribution >= 4 is 11.8 Å². The van der Waals surface area contributed by atoms with Crippen LogP contribution in [0.15, 0.2) is 48.7 Å². The Morgan fingerprint density at radius 3 is 2.42 bits per heavy atom. The van der Waals surface area contributed by atoms with E-state index in [2.05, 4.69) is 15.6 Å². The number of nitrogens with zero attached hydrogens (tertiary/aromatic N) is 1. The summed E-state index contributed by atoms with van der Waals surface area (Å²) in [6, 6.07) is 13.2. The van der Waals surface area contributed by atoms with Gasteiger partial charge in [0.05, 0.1) is 6.61 Å². The van der Waals surface area contributed by atoms with Crippen LogP contribution < -0.4 is 10.6 Å². The van der Waals surface area contributed by atoms with Gasteiger partial charge in [-0.1, -0.05) is 30.3 Å². The van der Waals surface area contributed by atoms with E-state index in [4.69, 9.17) is 4.74 Å². The maximum Gasteiger partial charge on any atom is 0.309 e. The molecule has 1 aromatic heterocycles. The lowest BCUT2D eigenvalue weighted by Crippen LogP contribution is -2.40. The minimum absolute atomic E-state index is 0.284. The van der Waals surface area contributed by atoms with E-state index < -0.39 is 11.8 Å². The van der Waals surface area contributed by atoms with Crippen LogP contribution in [0.3, 0.4) is 0 Å².